The van der Waals surface area contributed by atoms with Gasteiger partial charge in [-0.1, -0.05) is 256 Å². The quantitative estimate of drug-likeness (QED) is 0.0549. The van der Waals surface area contributed by atoms with Gasteiger partial charge in [0.05, 0.1) is 8.07 Å². The second kappa shape index (κ2) is 38.3. The van der Waals surface area contributed by atoms with Gasteiger partial charge in [0.15, 0.2) is 0 Å². The SMILES string of the molecule is CC(C)=O.CC(C)=O.C[Si](C)([C]1[CH][CH][CH][CH]1)[C]1[CH][CH][CH][CH]1.F[P-](F)(F)(F)(F)F.F[P-](F)(F)(F)(F)F.[Fe+2].[Fe+2].c1ccc(P(CCP(c2ccccc2)c2ccccc2)c2ccccc2)cc1.c1ccc(P(CCP(c2ccccc2)c2ccccc2)c2ccccc2)cc1. The molecule has 2 fully saturated rings. The summed E-state index contributed by atoms with van der Waals surface area (Å²) in [6.45, 7) is 10.9. The number of carbonyl (C=O) groups excluding carboxylic acids is 2. The van der Waals surface area contributed by atoms with Gasteiger partial charge in [-0.25, -0.2) is 0 Å². The Balaban J connectivity index is 0.000000419. The normalized spacial score (nSPS) is 14.5. The fourth-order valence-electron chi connectivity index (χ4n) is 8.64. The largest absolute Gasteiger partial charge is 2.00 e. The number of ketones is 2. The number of benzene rings is 8. The number of halogens is 12. The van der Waals surface area contributed by atoms with E-state index in [9.17, 15) is 60.0 Å². The average molecular weight is 1500 g/mol. The molecule has 0 heterocycles. The van der Waals surface area contributed by atoms with Gasteiger partial charge in [-0.05, 0) is 189 Å². The maximum Gasteiger partial charge on any atom is 2.00 e. The minimum absolute atomic E-state index is 0. The molecule has 0 spiro atoms. The predicted molar refractivity (Wildman–Crippen MR) is 374 cm³/mol. The Morgan fingerprint density at radius 3 is 0.495 bits per heavy atom. The van der Waals surface area contributed by atoms with E-state index in [0.717, 1.165) is 0 Å². The van der Waals surface area contributed by atoms with Gasteiger partial charge in [-0.3, -0.25) is 0 Å². The van der Waals surface area contributed by atoms with Crippen LogP contribution in [0.1, 0.15) is 27.7 Å². The molecule has 498 valence electrons. The van der Waals surface area contributed by atoms with Crippen LogP contribution in [0.5, 0.6) is 0 Å². The van der Waals surface area contributed by atoms with Gasteiger partial charge in [-0.2, -0.15) is 0 Å². The van der Waals surface area contributed by atoms with Gasteiger partial charge in [0.1, 0.15) is 11.6 Å². The van der Waals surface area contributed by atoms with Crippen LogP contribution in [0.2, 0.25) is 13.1 Å². The fraction of sp³-hybridized carbons (Fsp3) is 0.143. The van der Waals surface area contributed by atoms with Crippen LogP contribution < -0.4 is 42.4 Å². The second-order valence-electron chi connectivity index (χ2n) is 21.0. The Labute approximate surface area is 570 Å². The van der Waals surface area contributed by atoms with E-state index < -0.39 is 23.7 Å². The smallest absolute Gasteiger partial charge is 0.0622 e. The summed E-state index contributed by atoms with van der Waals surface area (Å²) in [6.07, 6.45) is 22.4. The number of hydrogen-bond acceptors (Lipinski definition) is 2. The molecular weight excluding hydrogens is 1430 g/mol. The van der Waals surface area contributed by atoms with Crippen LogP contribution in [-0.4, -0.2) is 44.3 Å². The van der Waals surface area contributed by atoms with Crippen molar-refractivity contribution >= 4 is 109 Å². The summed E-state index contributed by atoms with van der Waals surface area (Å²) >= 11 is 0. The summed E-state index contributed by atoms with van der Waals surface area (Å²) in [7, 11) is -24.1. The third-order valence-corrected chi connectivity index (χ3v) is 26.7. The van der Waals surface area contributed by atoms with Crippen molar-refractivity contribution in [3.63, 3.8) is 0 Å². The van der Waals surface area contributed by atoms with Gasteiger partial charge in [0, 0.05) is 0 Å². The van der Waals surface area contributed by atoms with E-state index in [0.29, 0.717) is 0 Å². The molecule has 10 radical (unpaired) electrons. The topological polar surface area (TPSA) is 34.1 Å². The molecule has 0 unspecified atom stereocenters. The van der Waals surface area contributed by atoms with Crippen molar-refractivity contribution in [2.75, 3.05) is 24.6 Å². The molecule has 0 amide bonds. The third-order valence-electron chi connectivity index (χ3n) is 12.4. The van der Waals surface area contributed by atoms with Crippen molar-refractivity contribution in [3.05, 3.63) is 305 Å². The first-order valence-corrected chi connectivity index (χ1v) is 41.6. The Kier molecular flexibility index (Phi) is 35.1. The molecule has 0 saturated heterocycles. The molecule has 2 saturated carbocycles. The number of Topliss-reactive ketones (excluding diaryl/α,β-unsaturated/α-hetero) is 2. The Hall–Kier alpha value is -3.90. The number of hydrogen-bond donors (Lipinski definition) is 0. The maximum atomic E-state index is 9.87. The molecular formula is C70H74F12Fe2O2P6Si+2. The first kappa shape index (κ1) is 85.2. The Bertz CT molecular complexity index is 2760. The third kappa shape index (κ3) is 39.8. The molecule has 0 bridgehead atoms. The van der Waals surface area contributed by atoms with E-state index in [1.165, 1.54) is 106 Å². The molecule has 23 heteroatoms. The van der Waals surface area contributed by atoms with Crippen LogP contribution in [0.25, 0.3) is 0 Å². The number of carbonyl (C=O) groups is 2. The van der Waals surface area contributed by atoms with Crippen molar-refractivity contribution in [2.45, 2.75) is 40.8 Å². The van der Waals surface area contributed by atoms with Crippen molar-refractivity contribution < 1.29 is 94.1 Å². The summed E-state index contributed by atoms with van der Waals surface area (Å²) in [6, 6.07) is 88.4. The summed E-state index contributed by atoms with van der Waals surface area (Å²) in [4.78, 5) is 18.9. The van der Waals surface area contributed by atoms with E-state index in [2.05, 4.69) is 307 Å². The summed E-state index contributed by atoms with van der Waals surface area (Å²) in [5.74, 6) is 0.333. The van der Waals surface area contributed by atoms with Gasteiger partial charge in [0.25, 0.3) is 0 Å². The molecule has 0 N–H and O–H groups in total. The van der Waals surface area contributed by atoms with Crippen LogP contribution >= 0.6 is 47.3 Å². The average Bonchev–Trinajstić information content (AvgIpc) is 1.23. The molecule has 0 aromatic heterocycles. The number of rotatable bonds is 16. The van der Waals surface area contributed by atoms with E-state index >= 15 is 0 Å². The zero-order chi connectivity index (χ0) is 67.3. The van der Waals surface area contributed by atoms with Crippen molar-refractivity contribution in [3.8, 4) is 0 Å². The van der Waals surface area contributed by atoms with Crippen molar-refractivity contribution in [2.24, 2.45) is 0 Å². The van der Waals surface area contributed by atoms with E-state index in [4.69, 9.17) is 0 Å². The molecule has 2 aliphatic carbocycles. The van der Waals surface area contributed by atoms with E-state index in [1.807, 2.05) is 0 Å². The van der Waals surface area contributed by atoms with Gasteiger partial charge in [-0.15, -0.1) is 0 Å². The molecule has 0 aliphatic heterocycles. The van der Waals surface area contributed by atoms with E-state index in [-0.39, 0.29) is 77.4 Å². The first-order chi connectivity index (χ1) is 42.4. The zero-order valence-electron chi connectivity index (χ0n) is 51.8. The van der Waals surface area contributed by atoms with E-state index in [1.54, 1.807) is 0 Å². The summed E-state index contributed by atoms with van der Waals surface area (Å²) < 4.78 is 118. The van der Waals surface area contributed by atoms with Crippen LogP contribution in [0, 0.1) is 62.4 Å². The van der Waals surface area contributed by atoms with Gasteiger partial charge >= 0.3 is 100 Å². The molecule has 93 heavy (non-hydrogen) atoms. The van der Waals surface area contributed by atoms with Crippen LogP contribution in [0.3, 0.4) is 0 Å². The fourth-order valence-corrected chi connectivity index (χ4v) is 21.7. The van der Waals surface area contributed by atoms with Crippen LogP contribution in [0.15, 0.2) is 243 Å². The molecule has 8 aromatic carbocycles. The minimum Gasteiger partial charge on any atom is -0.0622 e. The second-order valence-corrected chi connectivity index (χ2v) is 38.6. The van der Waals surface area contributed by atoms with Gasteiger partial charge in [0.2, 0.25) is 0 Å². The van der Waals surface area contributed by atoms with Crippen molar-refractivity contribution in [1.82, 2.24) is 0 Å². The molecule has 2 nitrogen and oxygen atoms in total. The monoisotopic (exact) mass is 1500 g/mol. The minimum atomic E-state index is -10.7. The predicted octanol–water partition coefficient (Wildman–Crippen LogP) is 21.0. The first-order valence-electron chi connectivity index (χ1n) is 28.4. The molecule has 10 rings (SSSR count). The van der Waals surface area contributed by atoms with Crippen LogP contribution in [0.4, 0.5) is 50.4 Å². The summed E-state index contributed by atoms with van der Waals surface area (Å²) in [5.41, 5.74) is 3.05. The molecule has 0 atom stereocenters. The molecule has 2 aliphatic rings. The Morgan fingerprint density at radius 2 is 0.387 bits per heavy atom. The standard InChI is InChI=1S/2C26H24P2.C12H14Si.2C3H6O.2F6P.2Fe/c2*1-5-13-23(14-6-1)27(24-15-7-2-8-16-24)21-22-28(25-17-9-3-10-18-25)26-19-11-4-12-20-26;1-13(2,11-7-3-4-8-11)12-9-5-6-10-12;2*1-3(2)4;2*1-7(2,3,4,5)6;;/h2*1-20H,21-22H2;3-10H,1-2H3;2*1-2H3;;;;/q;;;;;2*-1;2*+2. The van der Waals surface area contributed by atoms with Crippen LogP contribution in [-0.2, 0) is 43.7 Å². The van der Waals surface area contributed by atoms with Gasteiger partial charge < -0.3 is 9.59 Å². The maximum absolute atomic E-state index is 10.7. The summed E-state index contributed by atoms with van der Waals surface area (Å²) in [5, 5.41) is 11.8. The molecule has 8 aromatic rings. The zero-order valence-corrected chi connectivity index (χ0v) is 60.4. The Morgan fingerprint density at radius 1 is 0.280 bits per heavy atom. The van der Waals surface area contributed by atoms with Crippen molar-refractivity contribution in [1.29, 1.82) is 0 Å².